The number of benzene rings is 1. The second kappa shape index (κ2) is 6.60. The second-order valence-electron chi connectivity index (χ2n) is 7.17. The van der Waals surface area contributed by atoms with E-state index in [0.29, 0.717) is 18.0 Å². The number of likely N-dealkylation sites (tertiary alicyclic amines) is 1. The number of aromatic carboxylic acids is 1. The Hall–Kier alpha value is -2.04. The fourth-order valence-electron chi connectivity index (χ4n) is 2.96. The normalized spacial score (nSPS) is 21.8. The van der Waals surface area contributed by atoms with Gasteiger partial charge in [-0.3, -0.25) is 0 Å². The van der Waals surface area contributed by atoms with Crippen LogP contribution in [0.4, 0.5) is 4.79 Å². The van der Waals surface area contributed by atoms with Gasteiger partial charge in [0.2, 0.25) is 0 Å². The number of hydrogen-bond acceptors (Lipinski definition) is 3. The third-order valence-corrected chi connectivity index (χ3v) is 4.13. The van der Waals surface area contributed by atoms with E-state index < -0.39 is 11.6 Å². The third-order valence-electron chi connectivity index (χ3n) is 4.13. The van der Waals surface area contributed by atoms with E-state index in [1.54, 1.807) is 17.0 Å². The fraction of sp³-hybridized carbons (Fsp3) is 0.556. The first-order valence-electron chi connectivity index (χ1n) is 8.00. The topological polar surface area (TPSA) is 66.8 Å². The highest BCUT2D eigenvalue weighted by Gasteiger charge is 2.32. The Bertz CT molecular complexity index is 574. The second-order valence-corrected chi connectivity index (χ2v) is 7.17. The monoisotopic (exact) mass is 319 g/mol. The molecular weight excluding hydrogens is 294 g/mol. The van der Waals surface area contributed by atoms with E-state index >= 15 is 0 Å². The summed E-state index contributed by atoms with van der Waals surface area (Å²) in [6.07, 6.45) is 1.45. The first-order chi connectivity index (χ1) is 10.7. The largest absolute Gasteiger partial charge is 0.478 e. The molecular formula is C18H25NO4. The van der Waals surface area contributed by atoms with Crippen molar-refractivity contribution in [1.29, 1.82) is 0 Å². The van der Waals surface area contributed by atoms with Crippen molar-refractivity contribution in [3.05, 3.63) is 35.4 Å². The lowest BCUT2D eigenvalue weighted by molar-refractivity contribution is 0.0103. The first kappa shape index (κ1) is 17.3. The third kappa shape index (κ3) is 4.47. The minimum absolute atomic E-state index is 0.0998. The van der Waals surface area contributed by atoms with Crippen LogP contribution in [0.15, 0.2) is 24.3 Å². The summed E-state index contributed by atoms with van der Waals surface area (Å²) in [5.41, 5.74) is 0.944. The number of rotatable bonds is 2. The van der Waals surface area contributed by atoms with Crippen molar-refractivity contribution >= 4 is 12.1 Å². The van der Waals surface area contributed by atoms with E-state index in [9.17, 15) is 9.59 Å². The van der Waals surface area contributed by atoms with Gasteiger partial charge in [-0.05, 0) is 64.2 Å². The summed E-state index contributed by atoms with van der Waals surface area (Å²) in [6.45, 7) is 8.29. The smallest absolute Gasteiger partial charge is 0.410 e. The van der Waals surface area contributed by atoms with Gasteiger partial charge in [0.15, 0.2) is 0 Å². The Kier molecular flexibility index (Phi) is 4.97. The molecule has 0 aromatic heterocycles. The van der Waals surface area contributed by atoms with Crippen LogP contribution in [0.25, 0.3) is 0 Å². The Balaban J connectivity index is 2.00. The summed E-state index contributed by atoms with van der Waals surface area (Å²) < 4.78 is 5.45. The molecule has 1 aliphatic heterocycles. The Morgan fingerprint density at radius 1 is 1.22 bits per heavy atom. The minimum Gasteiger partial charge on any atom is -0.478 e. The molecule has 2 rings (SSSR count). The molecule has 0 bridgehead atoms. The molecule has 1 heterocycles. The number of hydrogen-bond donors (Lipinski definition) is 1. The van der Waals surface area contributed by atoms with Crippen LogP contribution in [0.2, 0.25) is 0 Å². The van der Waals surface area contributed by atoms with Crippen LogP contribution in [0.3, 0.4) is 0 Å². The van der Waals surface area contributed by atoms with Crippen molar-refractivity contribution in [2.24, 2.45) is 0 Å². The lowest BCUT2D eigenvalue weighted by atomic mass is 9.85. The van der Waals surface area contributed by atoms with Gasteiger partial charge in [-0.2, -0.15) is 0 Å². The van der Waals surface area contributed by atoms with Gasteiger partial charge in [-0.15, -0.1) is 0 Å². The van der Waals surface area contributed by atoms with Crippen molar-refractivity contribution < 1.29 is 19.4 Å². The molecule has 1 fully saturated rings. The SMILES string of the molecule is CC1CC(c2ccc(C(=O)O)cc2)CCN1C(=O)OC(C)(C)C. The minimum atomic E-state index is -0.912. The molecule has 5 heteroatoms. The average Bonchev–Trinajstić information content (AvgIpc) is 2.45. The molecule has 1 saturated heterocycles. The highest BCUT2D eigenvalue weighted by atomic mass is 16.6. The standard InChI is InChI=1S/C18H25NO4/c1-12-11-15(13-5-7-14(8-6-13)16(20)21)9-10-19(12)17(22)23-18(2,3)4/h5-8,12,15H,9-11H2,1-4H3,(H,20,21). The molecule has 0 radical (unpaired) electrons. The summed E-state index contributed by atoms with van der Waals surface area (Å²) >= 11 is 0. The molecule has 1 aromatic rings. The molecule has 23 heavy (non-hydrogen) atoms. The van der Waals surface area contributed by atoms with Gasteiger partial charge in [-0.25, -0.2) is 9.59 Å². The molecule has 1 aromatic carbocycles. The zero-order chi connectivity index (χ0) is 17.2. The van der Waals surface area contributed by atoms with Crippen molar-refractivity contribution in [2.75, 3.05) is 6.54 Å². The number of piperidine rings is 1. The number of nitrogens with zero attached hydrogens (tertiary/aromatic N) is 1. The Morgan fingerprint density at radius 3 is 2.30 bits per heavy atom. The van der Waals surface area contributed by atoms with Crippen LogP contribution in [0, 0.1) is 0 Å². The van der Waals surface area contributed by atoms with Gasteiger partial charge in [0.05, 0.1) is 5.56 Å². The molecule has 1 N–H and O–H groups in total. The maximum atomic E-state index is 12.2. The highest BCUT2D eigenvalue weighted by Crippen LogP contribution is 2.32. The molecule has 2 atom stereocenters. The van der Waals surface area contributed by atoms with E-state index in [-0.39, 0.29) is 12.1 Å². The molecule has 2 unspecified atom stereocenters. The van der Waals surface area contributed by atoms with Crippen LogP contribution < -0.4 is 0 Å². The van der Waals surface area contributed by atoms with Gasteiger partial charge in [0, 0.05) is 12.6 Å². The molecule has 0 aliphatic carbocycles. The highest BCUT2D eigenvalue weighted by molar-refractivity contribution is 5.87. The van der Waals surface area contributed by atoms with Crippen LogP contribution in [-0.2, 0) is 4.74 Å². The summed E-state index contributed by atoms with van der Waals surface area (Å²) in [7, 11) is 0. The quantitative estimate of drug-likeness (QED) is 0.898. The van der Waals surface area contributed by atoms with Crippen LogP contribution in [0.1, 0.15) is 62.4 Å². The van der Waals surface area contributed by atoms with Gasteiger partial charge in [0.25, 0.3) is 0 Å². The number of carbonyl (C=O) groups is 2. The van der Waals surface area contributed by atoms with Gasteiger partial charge >= 0.3 is 12.1 Å². The van der Waals surface area contributed by atoms with Crippen molar-refractivity contribution in [2.45, 2.75) is 58.1 Å². The van der Waals surface area contributed by atoms with Crippen molar-refractivity contribution in [3.63, 3.8) is 0 Å². The van der Waals surface area contributed by atoms with Gasteiger partial charge in [0.1, 0.15) is 5.60 Å². The number of carbonyl (C=O) groups excluding carboxylic acids is 1. The van der Waals surface area contributed by atoms with E-state index in [1.807, 2.05) is 39.8 Å². The fourth-order valence-corrected chi connectivity index (χ4v) is 2.96. The predicted molar refractivity (Wildman–Crippen MR) is 87.8 cm³/mol. The zero-order valence-electron chi connectivity index (χ0n) is 14.2. The Morgan fingerprint density at radius 2 is 1.83 bits per heavy atom. The van der Waals surface area contributed by atoms with Gasteiger partial charge < -0.3 is 14.7 Å². The maximum Gasteiger partial charge on any atom is 0.410 e. The van der Waals surface area contributed by atoms with Crippen molar-refractivity contribution in [1.82, 2.24) is 4.90 Å². The Labute approximate surface area is 137 Å². The number of ether oxygens (including phenoxy) is 1. The molecule has 5 nitrogen and oxygen atoms in total. The molecule has 0 spiro atoms. The summed E-state index contributed by atoms with van der Waals surface area (Å²) in [5, 5.41) is 8.96. The van der Waals surface area contributed by atoms with Crippen LogP contribution >= 0.6 is 0 Å². The van der Waals surface area contributed by atoms with E-state index in [2.05, 4.69) is 0 Å². The summed E-state index contributed by atoms with van der Waals surface area (Å²) in [6, 6.07) is 7.14. The van der Waals surface area contributed by atoms with Crippen LogP contribution in [-0.4, -0.2) is 40.3 Å². The average molecular weight is 319 g/mol. The van der Waals surface area contributed by atoms with Crippen molar-refractivity contribution in [3.8, 4) is 0 Å². The van der Waals surface area contributed by atoms with Crippen LogP contribution in [0.5, 0.6) is 0 Å². The van der Waals surface area contributed by atoms with E-state index in [1.165, 1.54) is 0 Å². The predicted octanol–water partition coefficient (Wildman–Crippen LogP) is 3.89. The number of carboxylic acid groups (broad SMARTS) is 1. The van der Waals surface area contributed by atoms with E-state index in [0.717, 1.165) is 18.4 Å². The molecule has 126 valence electrons. The first-order valence-corrected chi connectivity index (χ1v) is 8.00. The summed E-state index contributed by atoms with van der Waals surface area (Å²) in [5.74, 6) is -0.573. The molecule has 1 amide bonds. The number of amides is 1. The molecule has 0 saturated carbocycles. The zero-order valence-corrected chi connectivity index (χ0v) is 14.2. The lowest BCUT2D eigenvalue weighted by Gasteiger charge is -2.38. The molecule has 1 aliphatic rings. The van der Waals surface area contributed by atoms with Gasteiger partial charge in [-0.1, -0.05) is 12.1 Å². The van der Waals surface area contributed by atoms with E-state index in [4.69, 9.17) is 9.84 Å². The summed E-state index contributed by atoms with van der Waals surface area (Å²) in [4.78, 5) is 24.9. The lowest BCUT2D eigenvalue weighted by Crippen LogP contribution is -2.46. The maximum absolute atomic E-state index is 12.2. The number of carboxylic acids is 1.